The highest BCUT2D eigenvalue weighted by molar-refractivity contribution is 7.89. The predicted octanol–water partition coefficient (Wildman–Crippen LogP) is 2.62. The van der Waals surface area contributed by atoms with Gasteiger partial charge < -0.3 is 5.32 Å². The fourth-order valence-corrected chi connectivity index (χ4v) is 4.26. The molecule has 0 bridgehead atoms. The van der Waals surface area contributed by atoms with Crippen LogP contribution in [0.5, 0.6) is 0 Å². The molecule has 21 heavy (non-hydrogen) atoms. The zero-order valence-corrected chi connectivity index (χ0v) is 13.8. The third kappa shape index (κ3) is 3.74. The van der Waals surface area contributed by atoms with Crippen molar-refractivity contribution in [2.45, 2.75) is 51.1 Å². The zero-order chi connectivity index (χ0) is 15.5. The van der Waals surface area contributed by atoms with Gasteiger partial charge in [0.05, 0.1) is 5.69 Å². The number of rotatable bonds is 6. The van der Waals surface area contributed by atoms with E-state index in [9.17, 15) is 8.42 Å². The molecule has 0 spiro atoms. The van der Waals surface area contributed by atoms with E-state index in [1.54, 1.807) is 12.1 Å². The molecule has 1 saturated carbocycles. The summed E-state index contributed by atoms with van der Waals surface area (Å²) in [6.07, 6.45) is 4.41. The summed E-state index contributed by atoms with van der Waals surface area (Å²) in [6.45, 7) is 7.05. The molecule has 1 fully saturated rings. The Morgan fingerprint density at radius 2 is 2.10 bits per heavy atom. The third-order valence-electron chi connectivity index (χ3n) is 4.36. The van der Waals surface area contributed by atoms with E-state index in [0.717, 1.165) is 25.8 Å². The summed E-state index contributed by atoms with van der Waals surface area (Å²) >= 11 is 0. The SMILES string of the molecule is CCCNc1cccnc1S(=O)(=O)NC1CCC(C)C1C. The Kier molecular flexibility index (Phi) is 5.22. The summed E-state index contributed by atoms with van der Waals surface area (Å²) in [5, 5.41) is 3.23. The quantitative estimate of drug-likeness (QED) is 0.847. The summed E-state index contributed by atoms with van der Waals surface area (Å²) < 4.78 is 28.1. The molecule has 0 radical (unpaired) electrons. The van der Waals surface area contributed by atoms with Crippen LogP contribution in [0.2, 0.25) is 0 Å². The minimum Gasteiger partial charge on any atom is -0.383 e. The Morgan fingerprint density at radius 1 is 1.33 bits per heavy atom. The molecule has 6 heteroatoms. The number of aromatic nitrogens is 1. The van der Waals surface area contributed by atoms with E-state index in [-0.39, 0.29) is 11.1 Å². The molecule has 3 unspecified atom stereocenters. The van der Waals surface area contributed by atoms with Crippen molar-refractivity contribution in [3.8, 4) is 0 Å². The molecule has 1 aromatic rings. The van der Waals surface area contributed by atoms with Gasteiger partial charge >= 0.3 is 0 Å². The van der Waals surface area contributed by atoms with Crippen molar-refractivity contribution in [3.63, 3.8) is 0 Å². The number of sulfonamides is 1. The molecule has 0 aromatic carbocycles. The van der Waals surface area contributed by atoms with Gasteiger partial charge in [0.2, 0.25) is 0 Å². The van der Waals surface area contributed by atoms with E-state index in [1.165, 1.54) is 6.20 Å². The molecule has 1 aromatic heterocycles. The van der Waals surface area contributed by atoms with Crippen molar-refractivity contribution in [1.29, 1.82) is 0 Å². The zero-order valence-electron chi connectivity index (χ0n) is 13.0. The van der Waals surface area contributed by atoms with Crippen molar-refractivity contribution in [3.05, 3.63) is 18.3 Å². The van der Waals surface area contributed by atoms with Crippen molar-refractivity contribution >= 4 is 15.7 Å². The van der Waals surface area contributed by atoms with Gasteiger partial charge in [0.1, 0.15) is 0 Å². The molecule has 0 saturated heterocycles. The summed E-state index contributed by atoms with van der Waals surface area (Å²) in [5.41, 5.74) is 0.575. The Balaban J connectivity index is 2.20. The van der Waals surface area contributed by atoms with Crippen LogP contribution in [0.15, 0.2) is 23.4 Å². The number of anilines is 1. The standard InChI is InChI=1S/C15H25N3O2S/c1-4-9-16-14-6-5-10-17-15(14)21(19,20)18-13-8-7-11(2)12(13)3/h5-6,10-13,16,18H,4,7-9H2,1-3H3. The summed E-state index contributed by atoms with van der Waals surface area (Å²) in [5.74, 6) is 0.912. The molecule has 0 amide bonds. The fraction of sp³-hybridized carbons (Fsp3) is 0.667. The molecule has 2 rings (SSSR count). The number of hydrogen-bond donors (Lipinski definition) is 2. The largest absolute Gasteiger partial charge is 0.383 e. The van der Waals surface area contributed by atoms with Gasteiger partial charge in [-0.15, -0.1) is 0 Å². The smallest absolute Gasteiger partial charge is 0.260 e. The first-order chi connectivity index (χ1) is 9.95. The maximum absolute atomic E-state index is 12.6. The Bertz CT molecular complexity index is 574. The van der Waals surface area contributed by atoms with Gasteiger partial charge in [0, 0.05) is 18.8 Å². The summed E-state index contributed by atoms with van der Waals surface area (Å²) in [7, 11) is -3.58. The van der Waals surface area contributed by atoms with E-state index in [1.807, 2.05) is 6.92 Å². The average Bonchev–Trinajstić information content (AvgIpc) is 2.77. The van der Waals surface area contributed by atoms with Crippen LogP contribution in [0, 0.1) is 11.8 Å². The number of nitrogens with one attached hydrogen (secondary N) is 2. The van der Waals surface area contributed by atoms with E-state index >= 15 is 0 Å². The number of hydrogen-bond acceptors (Lipinski definition) is 4. The molecular formula is C15H25N3O2S. The molecule has 2 N–H and O–H groups in total. The number of nitrogens with zero attached hydrogens (tertiary/aromatic N) is 1. The van der Waals surface area contributed by atoms with Gasteiger partial charge in [0.25, 0.3) is 10.0 Å². The Hall–Kier alpha value is -1.14. The minimum atomic E-state index is -3.58. The second kappa shape index (κ2) is 6.75. The fourth-order valence-electron chi connectivity index (χ4n) is 2.79. The molecular weight excluding hydrogens is 286 g/mol. The van der Waals surface area contributed by atoms with Crippen LogP contribution in [0.3, 0.4) is 0 Å². The highest BCUT2D eigenvalue weighted by Crippen LogP contribution is 2.32. The van der Waals surface area contributed by atoms with Crippen molar-refractivity contribution in [1.82, 2.24) is 9.71 Å². The Morgan fingerprint density at radius 3 is 2.71 bits per heavy atom. The highest BCUT2D eigenvalue weighted by Gasteiger charge is 2.34. The lowest BCUT2D eigenvalue weighted by Gasteiger charge is -2.20. The van der Waals surface area contributed by atoms with Crippen molar-refractivity contribution < 1.29 is 8.42 Å². The lowest BCUT2D eigenvalue weighted by Crippen LogP contribution is -2.38. The van der Waals surface area contributed by atoms with Gasteiger partial charge in [0.15, 0.2) is 5.03 Å². The molecule has 1 aliphatic rings. The van der Waals surface area contributed by atoms with Gasteiger partial charge in [-0.2, -0.15) is 0 Å². The lowest BCUT2D eigenvalue weighted by molar-refractivity contribution is 0.402. The molecule has 5 nitrogen and oxygen atoms in total. The maximum atomic E-state index is 12.6. The lowest BCUT2D eigenvalue weighted by atomic mass is 9.98. The molecule has 3 atom stereocenters. The van der Waals surface area contributed by atoms with E-state index in [2.05, 4.69) is 28.9 Å². The van der Waals surface area contributed by atoms with Crippen LogP contribution in [-0.4, -0.2) is 26.0 Å². The van der Waals surface area contributed by atoms with Crippen molar-refractivity contribution in [2.24, 2.45) is 11.8 Å². The average molecular weight is 311 g/mol. The van der Waals surface area contributed by atoms with Crippen molar-refractivity contribution in [2.75, 3.05) is 11.9 Å². The van der Waals surface area contributed by atoms with Gasteiger partial charge in [-0.05, 0) is 43.2 Å². The summed E-state index contributed by atoms with van der Waals surface area (Å²) in [4.78, 5) is 4.08. The molecule has 1 aliphatic carbocycles. The van der Waals surface area contributed by atoms with E-state index in [4.69, 9.17) is 0 Å². The van der Waals surface area contributed by atoms with Crippen LogP contribution >= 0.6 is 0 Å². The topological polar surface area (TPSA) is 71.1 Å². The van der Waals surface area contributed by atoms with Gasteiger partial charge in [-0.3, -0.25) is 0 Å². The first-order valence-corrected chi connectivity index (χ1v) is 9.15. The monoisotopic (exact) mass is 311 g/mol. The second-order valence-electron chi connectivity index (χ2n) is 5.92. The number of pyridine rings is 1. The predicted molar refractivity (Wildman–Crippen MR) is 84.7 cm³/mol. The third-order valence-corrected chi connectivity index (χ3v) is 5.81. The van der Waals surface area contributed by atoms with E-state index in [0.29, 0.717) is 17.5 Å². The maximum Gasteiger partial charge on any atom is 0.260 e. The van der Waals surface area contributed by atoms with E-state index < -0.39 is 10.0 Å². The van der Waals surface area contributed by atoms with Crippen LogP contribution < -0.4 is 10.0 Å². The van der Waals surface area contributed by atoms with Gasteiger partial charge in [-0.25, -0.2) is 18.1 Å². The first-order valence-electron chi connectivity index (χ1n) is 7.67. The first kappa shape index (κ1) is 16.2. The van der Waals surface area contributed by atoms with Crippen LogP contribution in [0.1, 0.15) is 40.0 Å². The van der Waals surface area contributed by atoms with Gasteiger partial charge in [-0.1, -0.05) is 20.8 Å². The van der Waals surface area contributed by atoms with Crippen LogP contribution in [0.25, 0.3) is 0 Å². The molecule has 0 aliphatic heterocycles. The summed E-state index contributed by atoms with van der Waals surface area (Å²) in [6, 6.07) is 3.51. The minimum absolute atomic E-state index is 0.00558. The normalized spacial score (nSPS) is 26.0. The van der Waals surface area contributed by atoms with Crippen LogP contribution in [-0.2, 0) is 10.0 Å². The molecule has 118 valence electrons. The molecule has 1 heterocycles. The Labute approximate surface area is 127 Å². The highest BCUT2D eigenvalue weighted by atomic mass is 32.2. The second-order valence-corrected chi connectivity index (χ2v) is 7.55. The van der Waals surface area contributed by atoms with Crippen LogP contribution in [0.4, 0.5) is 5.69 Å².